The summed E-state index contributed by atoms with van der Waals surface area (Å²) < 4.78 is 49.0. The Balaban J connectivity index is 1.84. The minimum atomic E-state index is -4.21. The molecule has 1 amide bonds. The molecular formula is C28H31N3O8S. The van der Waals surface area contributed by atoms with Crippen LogP contribution in [0, 0.1) is 13.8 Å². The summed E-state index contributed by atoms with van der Waals surface area (Å²) in [5.74, 6) is -0.190. The van der Waals surface area contributed by atoms with Gasteiger partial charge in [0.05, 0.1) is 38.1 Å². The van der Waals surface area contributed by atoms with Gasteiger partial charge in [-0.1, -0.05) is 18.2 Å². The van der Waals surface area contributed by atoms with E-state index in [1.807, 2.05) is 19.9 Å². The third-order valence-corrected chi connectivity index (χ3v) is 7.34. The summed E-state index contributed by atoms with van der Waals surface area (Å²) in [6.07, 6.45) is 1.37. The van der Waals surface area contributed by atoms with Gasteiger partial charge in [0.25, 0.3) is 15.9 Å². The fourth-order valence-electron chi connectivity index (χ4n) is 3.74. The lowest BCUT2D eigenvalue weighted by Gasteiger charge is -2.25. The van der Waals surface area contributed by atoms with Gasteiger partial charge in [-0.25, -0.2) is 18.6 Å². The molecule has 212 valence electrons. The largest absolute Gasteiger partial charge is 0.493 e. The van der Waals surface area contributed by atoms with Gasteiger partial charge < -0.3 is 18.9 Å². The lowest BCUT2D eigenvalue weighted by atomic mass is 10.1. The number of amides is 1. The first-order valence-electron chi connectivity index (χ1n) is 12.0. The van der Waals surface area contributed by atoms with Gasteiger partial charge in [0.1, 0.15) is 12.3 Å². The zero-order valence-corrected chi connectivity index (χ0v) is 23.7. The zero-order valence-electron chi connectivity index (χ0n) is 22.8. The Hall–Kier alpha value is -4.58. The van der Waals surface area contributed by atoms with Crippen LogP contribution in [-0.4, -0.2) is 61.0 Å². The van der Waals surface area contributed by atoms with Gasteiger partial charge in [0.15, 0.2) is 18.1 Å². The number of rotatable bonds is 12. The quantitative estimate of drug-likeness (QED) is 0.200. The third-order valence-electron chi connectivity index (χ3n) is 5.57. The van der Waals surface area contributed by atoms with E-state index in [0.717, 1.165) is 15.4 Å². The van der Waals surface area contributed by atoms with Crippen molar-refractivity contribution >= 4 is 33.8 Å². The van der Waals surface area contributed by atoms with Gasteiger partial charge >= 0.3 is 5.97 Å². The first kappa shape index (κ1) is 30.0. The zero-order chi connectivity index (χ0) is 29.3. The van der Waals surface area contributed by atoms with Crippen molar-refractivity contribution in [1.82, 2.24) is 5.43 Å². The summed E-state index contributed by atoms with van der Waals surface area (Å²) in [6, 6.07) is 16.1. The van der Waals surface area contributed by atoms with E-state index >= 15 is 0 Å². The molecule has 0 unspecified atom stereocenters. The monoisotopic (exact) mass is 569 g/mol. The van der Waals surface area contributed by atoms with Crippen molar-refractivity contribution in [1.29, 1.82) is 0 Å². The second-order valence-corrected chi connectivity index (χ2v) is 10.5. The maximum absolute atomic E-state index is 13.8. The Labute approximate surface area is 233 Å². The highest BCUT2D eigenvalue weighted by molar-refractivity contribution is 7.92. The first-order chi connectivity index (χ1) is 19.1. The number of ether oxygens (including phenoxy) is 4. The van der Waals surface area contributed by atoms with E-state index in [0.29, 0.717) is 22.7 Å². The van der Waals surface area contributed by atoms with Crippen molar-refractivity contribution in [2.75, 3.05) is 38.8 Å². The standard InChI is InChI=1S/C28H31N3O8S/c1-19-11-20(2)13-22(12-19)31(40(34,35)24-9-10-25(36-3)26(15-24)37-4)17-27(32)30-29-16-21-7-6-8-23(14-21)39-18-28(33)38-5/h6-16H,17-18H2,1-5H3,(H,30,32)/b29-16-. The summed E-state index contributed by atoms with van der Waals surface area (Å²) >= 11 is 0. The van der Waals surface area contributed by atoms with Crippen LogP contribution < -0.4 is 23.9 Å². The van der Waals surface area contributed by atoms with Crippen LogP contribution in [0.1, 0.15) is 16.7 Å². The molecule has 3 aromatic carbocycles. The van der Waals surface area contributed by atoms with E-state index in [4.69, 9.17) is 14.2 Å². The molecule has 0 radical (unpaired) electrons. The number of methoxy groups -OCH3 is 3. The van der Waals surface area contributed by atoms with E-state index in [-0.39, 0.29) is 17.3 Å². The molecule has 3 rings (SSSR count). The topological polar surface area (TPSA) is 133 Å². The second-order valence-electron chi connectivity index (χ2n) is 8.60. The SMILES string of the molecule is COC(=O)COc1cccc(/C=N\NC(=O)CN(c2cc(C)cc(C)c2)S(=O)(=O)c2ccc(OC)c(OC)c2)c1. The van der Waals surface area contributed by atoms with E-state index in [9.17, 15) is 18.0 Å². The lowest BCUT2D eigenvalue weighted by Crippen LogP contribution is -2.39. The van der Waals surface area contributed by atoms with Crippen LogP contribution in [0.25, 0.3) is 0 Å². The molecule has 11 nitrogen and oxygen atoms in total. The highest BCUT2D eigenvalue weighted by Gasteiger charge is 2.28. The molecular weight excluding hydrogens is 538 g/mol. The highest BCUT2D eigenvalue weighted by atomic mass is 32.2. The molecule has 3 aromatic rings. The molecule has 0 aliphatic rings. The van der Waals surface area contributed by atoms with Crippen molar-refractivity contribution < 1.29 is 37.0 Å². The van der Waals surface area contributed by atoms with Crippen LogP contribution >= 0.6 is 0 Å². The normalized spacial score (nSPS) is 11.1. The van der Waals surface area contributed by atoms with Crippen molar-refractivity contribution in [3.63, 3.8) is 0 Å². The third kappa shape index (κ3) is 7.73. The Morgan fingerprint density at radius 1 is 0.925 bits per heavy atom. The molecule has 40 heavy (non-hydrogen) atoms. The number of hydrogen-bond acceptors (Lipinski definition) is 9. The van der Waals surface area contributed by atoms with Gasteiger partial charge in [-0.05, 0) is 66.9 Å². The van der Waals surface area contributed by atoms with E-state index in [1.165, 1.54) is 45.7 Å². The van der Waals surface area contributed by atoms with Crippen LogP contribution in [-0.2, 0) is 24.3 Å². The maximum atomic E-state index is 13.8. The molecule has 0 heterocycles. The Bertz CT molecular complexity index is 1480. The summed E-state index contributed by atoms with van der Waals surface area (Å²) in [7, 11) is -0.0924. The molecule has 0 bridgehead atoms. The van der Waals surface area contributed by atoms with Crippen molar-refractivity contribution in [3.05, 3.63) is 77.4 Å². The predicted molar refractivity (Wildman–Crippen MR) is 150 cm³/mol. The second kappa shape index (κ2) is 13.5. The van der Waals surface area contributed by atoms with Crippen LogP contribution in [0.4, 0.5) is 5.69 Å². The van der Waals surface area contributed by atoms with Crippen molar-refractivity contribution in [2.24, 2.45) is 5.10 Å². The first-order valence-corrected chi connectivity index (χ1v) is 13.5. The fraction of sp³-hybridized carbons (Fsp3) is 0.250. The molecule has 12 heteroatoms. The highest BCUT2D eigenvalue weighted by Crippen LogP contribution is 2.32. The van der Waals surface area contributed by atoms with Crippen LogP contribution in [0.3, 0.4) is 0 Å². The van der Waals surface area contributed by atoms with Crippen LogP contribution in [0.5, 0.6) is 17.2 Å². The summed E-state index contributed by atoms with van der Waals surface area (Å²) in [6.45, 7) is 2.88. The number of aryl methyl sites for hydroxylation is 2. The number of esters is 1. The molecule has 0 aliphatic carbocycles. The van der Waals surface area contributed by atoms with Crippen molar-refractivity contribution in [2.45, 2.75) is 18.7 Å². The van der Waals surface area contributed by atoms with E-state index < -0.39 is 28.4 Å². The summed E-state index contributed by atoms with van der Waals surface area (Å²) in [5.41, 5.74) is 4.92. The maximum Gasteiger partial charge on any atom is 0.343 e. The number of carbonyl (C=O) groups is 2. The van der Waals surface area contributed by atoms with Gasteiger partial charge in [-0.3, -0.25) is 9.10 Å². The number of benzene rings is 3. The fourth-order valence-corrected chi connectivity index (χ4v) is 5.16. The number of hydrogen-bond donors (Lipinski definition) is 1. The minimum Gasteiger partial charge on any atom is -0.493 e. The average Bonchev–Trinajstić information content (AvgIpc) is 2.93. The predicted octanol–water partition coefficient (Wildman–Crippen LogP) is 3.22. The van der Waals surface area contributed by atoms with Gasteiger partial charge in [0, 0.05) is 6.07 Å². The number of nitrogens with one attached hydrogen (secondary N) is 1. The van der Waals surface area contributed by atoms with Crippen LogP contribution in [0.15, 0.2) is 70.7 Å². The summed E-state index contributed by atoms with van der Waals surface area (Å²) in [5, 5.41) is 3.95. The number of hydrazone groups is 1. The summed E-state index contributed by atoms with van der Waals surface area (Å²) in [4.78, 5) is 24.1. The molecule has 0 aliphatic heterocycles. The van der Waals surface area contributed by atoms with Gasteiger partial charge in [-0.2, -0.15) is 5.10 Å². The van der Waals surface area contributed by atoms with E-state index in [1.54, 1.807) is 36.4 Å². The minimum absolute atomic E-state index is 0.0793. The lowest BCUT2D eigenvalue weighted by molar-refractivity contribution is -0.142. The number of carbonyl (C=O) groups excluding carboxylic acids is 2. The van der Waals surface area contributed by atoms with E-state index in [2.05, 4.69) is 15.3 Å². The Morgan fingerprint density at radius 2 is 1.62 bits per heavy atom. The molecule has 0 saturated carbocycles. The molecule has 0 atom stereocenters. The van der Waals surface area contributed by atoms with Crippen LogP contribution in [0.2, 0.25) is 0 Å². The molecule has 0 spiro atoms. The molecule has 0 aromatic heterocycles. The smallest absolute Gasteiger partial charge is 0.343 e. The number of sulfonamides is 1. The molecule has 0 saturated heterocycles. The number of anilines is 1. The van der Waals surface area contributed by atoms with Crippen molar-refractivity contribution in [3.8, 4) is 17.2 Å². The van der Waals surface area contributed by atoms with Gasteiger partial charge in [-0.15, -0.1) is 0 Å². The average molecular weight is 570 g/mol. The number of nitrogens with zero attached hydrogens (tertiary/aromatic N) is 2. The van der Waals surface area contributed by atoms with Gasteiger partial charge in [0.2, 0.25) is 0 Å². The Kier molecular flexibility index (Phi) is 10.1. The molecule has 0 fully saturated rings. The molecule has 1 N–H and O–H groups in total. The Morgan fingerprint density at radius 3 is 2.27 bits per heavy atom.